The van der Waals surface area contributed by atoms with Crippen LogP contribution in [-0.2, 0) is 0 Å². The smallest absolute Gasteiger partial charge is 0.319 e. The number of hydrogen-bond acceptors (Lipinski definition) is 9. The fourth-order valence-electron chi connectivity index (χ4n) is 7.10. The Labute approximate surface area is 269 Å². The number of piperazine rings is 1. The Morgan fingerprint density at radius 3 is 2.87 bits per heavy atom. The maximum absolute atomic E-state index is 16.8. The minimum Gasteiger partial charge on any atom is -0.461 e. The van der Waals surface area contributed by atoms with Gasteiger partial charge in [0.2, 0.25) is 0 Å². The standard InChI is InChI=1S/C31H27ClF5N7OS/c32-20-9-18-26(25(37)24(20)17-2-3-21(34)27-23(17)19(11-38)28(39)46-27)41-30(45-14-31-4-1-6-44(31)12-15(33)10-31)42-29(18)43-7-5-40-16(13-43)8-22(35)36/h2-3,8-9,15-16,40H,1,4-7,10,12-14,39H2/t15-,16?,31?/m1/s1. The number of ether oxygens (including phenoxy) is 1. The Hall–Kier alpha value is -3.77. The molecule has 3 aliphatic heterocycles. The monoisotopic (exact) mass is 675 g/mol. The topological polar surface area (TPSA) is 103 Å². The second-order valence-corrected chi connectivity index (χ2v) is 13.3. The van der Waals surface area contributed by atoms with Crippen molar-refractivity contribution in [1.82, 2.24) is 20.2 Å². The molecule has 3 N–H and O–H groups in total. The zero-order chi connectivity index (χ0) is 32.3. The van der Waals surface area contributed by atoms with Crippen LogP contribution in [-0.4, -0.2) is 72.0 Å². The summed E-state index contributed by atoms with van der Waals surface area (Å²) < 4.78 is 78.6. The molecule has 8 nitrogen and oxygen atoms in total. The van der Waals surface area contributed by atoms with Gasteiger partial charge in [0, 0.05) is 55.0 Å². The largest absolute Gasteiger partial charge is 0.461 e. The number of anilines is 2. The van der Waals surface area contributed by atoms with E-state index in [9.17, 15) is 22.8 Å². The lowest BCUT2D eigenvalue weighted by molar-refractivity contribution is 0.107. The zero-order valence-corrected chi connectivity index (χ0v) is 25.8. The lowest BCUT2D eigenvalue weighted by Crippen LogP contribution is -2.50. The number of thiophene rings is 1. The molecule has 15 heteroatoms. The molecule has 3 saturated heterocycles. The highest BCUT2D eigenvalue weighted by atomic mass is 35.5. The van der Waals surface area contributed by atoms with E-state index in [1.165, 1.54) is 12.1 Å². The molecule has 2 unspecified atom stereocenters. The van der Waals surface area contributed by atoms with Crippen LogP contribution in [0.5, 0.6) is 6.01 Å². The molecule has 0 saturated carbocycles. The fourth-order valence-corrected chi connectivity index (χ4v) is 8.35. The van der Waals surface area contributed by atoms with E-state index in [-0.39, 0.29) is 72.7 Å². The number of nitrogens with two attached hydrogens (primary N) is 1. The number of aromatic nitrogens is 2. The van der Waals surface area contributed by atoms with E-state index in [0.717, 1.165) is 42.9 Å². The summed E-state index contributed by atoms with van der Waals surface area (Å²) in [6, 6.07) is 5.06. The average Bonchev–Trinajstić information content (AvgIpc) is 3.66. The van der Waals surface area contributed by atoms with Crippen molar-refractivity contribution in [1.29, 1.82) is 5.26 Å². The van der Waals surface area contributed by atoms with Gasteiger partial charge in [-0.15, -0.1) is 11.3 Å². The van der Waals surface area contributed by atoms with Crippen molar-refractivity contribution in [3.63, 3.8) is 0 Å². The molecule has 7 rings (SSSR count). The molecule has 2 aromatic heterocycles. The summed E-state index contributed by atoms with van der Waals surface area (Å²) in [6.07, 6.45) is -0.103. The summed E-state index contributed by atoms with van der Waals surface area (Å²) in [7, 11) is 0. The Kier molecular flexibility index (Phi) is 7.91. The van der Waals surface area contributed by atoms with Gasteiger partial charge in [0.15, 0.2) is 5.82 Å². The summed E-state index contributed by atoms with van der Waals surface area (Å²) in [5, 5.41) is 13.2. The molecule has 3 fully saturated rings. The second kappa shape index (κ2) is 11.8. The third-order valence-corrected chi connectivity index (χ3v) is 10.4. The van der Waals surface area contributed by atoms with Gasteiger partial charge in [-0.25, -0.2) is 13.2 Å². The van der Waals surface area contributed by atoms with Gasteiger partial charge in [0.05, 0.1) is 20.8 Å². The third-order valence-electron chi connectivity index (χ3n) is 9.10. The van der Waals surface area contributed by atoms with Crippen molar-refractivity contribution in [3.05, 3.63) is 52.6 Å². The summed E-state index contributed by atoms with van der Waals surface area (Å²) in [5.74, 6) is -1.27. The highest BCUT2D eigenvalue weighted by molar-refractivity contribution is 7.23. The quantitative estimate of drug-likeness (QED) is 0.226. The number of alkyl halides is 1. The molecule has 0 spiro atoms. The SMILES string of the molecule is N#Cc1c(N)sc2c(F)ccc(-c3c(Cl)cc4c(N5CCNC(C=C(F)F)C5)nc(OCC56CCCN5C[C@H](F)C6)nc4c3F)c12. The minimum atomic E-state index is -1.84. The van der Waals surface area contributed by atoms with Gasteiger partial charge in [0.25, 0.3) is 6.08 Å². The van der Waals surface area contributed by atoms with Crippen molar-refractivity contribution in [3.8, 4) is 23.2 Å². The van der Waals surface area contributed by atoms with Crippen molar-refractivity contribution in [2.45, 2.75) is 37.0 Å². The van der Waals surface area contributed by atoms with Gasteiger partial charge in [-0.3, -0.25) is 4.90 Å². The van der Waals surface area contributed by atoms with E-state index in [4.69, 9.17) is 22.1 Å². The fraction of sp³-hybridized carbons (Fsp3) is 0.387. The first-order valence-corrected chi connectivity index (χ1v) is 15.9. The first kappa shape index (κ1) is 30.9. The average molecular weight is 676 g/mol. The molecule has 3 atom stereocenters. The number of fused-ring (bicyclic) bond motifs is 3. The van der Waals surface area contributed by atoms with E-state index >= 15 is 4.39 Å². The lowest BCUT2D eigenvalue weighted by atomic mass is 9.95. The van der Waals surface area contributed by atoms with E-state index in [1.54, 1.807) is 4.90 Å². The minimum absolute atomic E-state index is 0.000533. The van der Waals surface area contributed by atoms with E-state index < -0.39 is 35.5 Å². The van der Waals surface area contributed by atoms with Gasteiger partial charge in [-0.2, -0.15) is 24.0 Å². The summed E-state index contributed by atoms with van der Waals surface area (Å²) in [5.41, 5.74) is 5.35. The predicted molar refractivity (Wildman–Crippen MR) is 167 cm³/mol. The van der Waals surface area contributed by atoms with Crippen LogP contribution in [0, 0.1) is 23.0 Å². The van der Waals surface area contributed by atoms with Gasteiger partial charge in [-0.1, -0.05) is 17.7 Å². The molecular formula is C31H27ClF5N7OS. The van der Waals surface area contributed by atoms with Crippen LogP contribution in [0.25, 0.3) is 32.1 Å². The van der Waals surface area contributed by atoms with Gasteiger partial charge >= 0.3 is 6.01 Å². The number of nitrogen functional groups attached to an aromatic ring is 1. The molecule has 3 aliphatic rings. The number of hydrogen-bond donors (Lipinski definition) is 2. The number of nitriles is 1. The molecule has 4 aromatic rings. The Morgan fingerprint density at radius 2 is 2.09 bits per heavy atom. The van der Waals surface area contributed by atoms with E-state index in [0.29, 0.717) is 26.1 Å². The van der Waals surface area contributed by atoms with Crippen LogP contribution in [0.4, 0.5) is 32.8 Å². The highest BCUT2D eigenvalue weighted by Crippen LogP contribution is 2.46. The van der Waals surface area contributed by atoms with E-state index in [1.807, 2.05) is 6.07 Å². The summed E-state index contributed by atoms with van der Waals surface area (Å²) in [4.78, 5) is 12.9. The van der Waals surface area contributed by atoms with Crippen LogP contribution in [0.15, 0.2) is 30.4 Å². The molecule has 5 heterocycles. The van der Waals surface area contributed by atoms with Crippen LogP contribution >= 0.6 is 22.9 Å². The van der Waals surface area contributed by atoms with Crippen LogP contribution in [0.1, 0.15) is 24.8 Å². The second-order valence-electron chi connectivity index (χ2n) is 11.9. The summed E-state index contributed by atoms with van der Waals surface area (Å²) >= 11 is 7.62. The number of halogens is 6. The van der Waals surface area contributed by atoms with Crippen LogP contribution in [0.2, 0.25) is 5.02 Å². The van der Waals surface area contributed by atoms with Gasteiger partial charge < -0.3 is 20.7 Å². The number of nitrogens with one attached hydrogen (secondary N) is 1. The van der Waals surface area contributed by atoms with Crippen molar-refractivity contribution in [2.24, 2.45) is 0 Å². The summed E-state index contributed by atoms with van der Waals surface area (Å²) in [6.45, 7) is 1.92. The third kappa shape index (κ3) is 5.19. The Bertz CT molecular complexity index is 1950. The maximum atomic E-state index is 16.8. The van der Waals surface area contributed by atoms with Crippen molar-refractivity contribution < 1.29 is 26.7 Å². The highest BCUT2D eigenvalue weighted by Gasteiger charge is 2.49. The van der Waals surface area contributed by atoms with Gasteiger partial charge in [-0.05, 0) is 43.2 Å². The molecule has 0 radical (unpaired) electrons. The van der Waals surface area contributed by atoms with E-state index in [2.05, 4.69) is 20.2 Å². The predicted octanol–water partition coefficient (Wildman–Crippen LogP) is 6.41. The molecule has 0 bridgehead atoms. The molecule has 0 amide bonds. The molecular weight excluding hydrogens is 649 g/mol. The van der Waals surface area contributed by atoms with Crippen molar-refractivity contribution in [2.75, 3.05) is 50.0 Å². The van der Waals surface area contributed by atoms with Crippen molar-refractivity contribution >= 4 is 54.7 Å². The molecule has 2 aromatic carbocycles. The zero-order valence-electron chi connectivity index (χ0n) is 24.2. The molecule has 0 aliphatic carbocycles. The van der Waals surface area contributed by atoms with Crippen LogP contribution < -0.4 is 20.7 Å². The maximum Gasteiger partial charge on any atom is 0.319 e. The molecule has 240 valence electrons. The Morgan fingerprint density at radius 1 is 1.26 bits per heavy atom. The first-order chi connectivity index (χ1) is 22.1. The van der Waals surface area contributed by atoms with Gasteiger partial charge in [0.1, 0.15) is 41.0 Å². The first-order valence-electron chi connectivity index (χ1n) is 14.7. The number of benzene rings is 2. The molecule has 46 heavy (non-hydrogen) atoms. The normalized spacial score (nSPS) is 23.2. The van der Waals surface area contributed by atoms with Crippen LogP contribution in [0.3, 0.4) is 0 Å². The lowest BCUT2D eigenvalue weighted by Gasteiger charge is -2.34. The Balaban J connectivity index is 1.39. The number of rotatable bonds is 6. The number of nitrogens with zero attached hydrogens (tertiary/aromatic N) is 5.